The maximum atomic E-state index is 11.5. The lowest BCUT2D eigenvalue weighted by Gasteiger charge is -2.09. The standard InChI is InChI=1S/C13H13ClN2O3S/c1-3-19-12(17)10-7-20-13(16-10)15-9-5-4-8(14)6-11(9)18-2/h4-7H,3H2,1-2H3,(H,15,16). The van der Waals surface area contributed by atoms with E-state index in [-0.39, 0.29) is 5.69 Å². The van der Waals surface area contributed by atoms with Crippen molar-refractivity contribution in [1.29, 1.82) is 0 Å². The van der Waals surface area contributed by atoms with Gasteiger partial charge in [-0.25, -0.2) is 9.78 Å². The fourth-order valence-electron chi connectivity index (χ4n) is 1.51. The van der Waals surface area contributed by atoms with E-state index in [1.807, 2.05) is 0 Å². The smallest absolute Gasteiger partial charge is 0.357 e. The lowest BCUT2D eigenvalue weighted by atomic mass is 10.3. The molecule has 0 atom stereocenters. The van der Waals surface area contributed by atoms with E-state index < -0.39 is 5.97 Å². The van der Waals surface area contributed by atoms with Gasteiger partial charge in [0.25, 0.3) is 0 Å². The number of rotatable bonds is 5. The Balaban J connectivity index is 2.16. The molecular weight excluding hydrogens is 300 g/mol. The zero-order chi connectivity index (χ0) is 14.5. The van der Waals surface area contributed by atoms with Gasteiger partial charge in [-0.1, -0.05) is 11.6 Å². The Morgan fingerprint density at radius 1 is 1.50 bits per heavy atom. The van der Waals surface area contributed by atoms with Crippen LogP contribution >= 0.6 is 22.9 Å². The first-order valence-electron chi connectivity index (χ1n) is 5.87. The number of halogens is 1. The van der Waals surface area contributed by atoms with E-state index >= 15 is 0 Å². The normalized spacial score (nSPS) is 10.2. The number of benzene rings is 1. The number of anilines is 2. The molecule has 0 spiro atoms. The number of hydrogen-bond donors (Lipinski definition) is 1. The molecule has 2 rings (SSSR count). The third-order valence-corrected chi connectivity index (χ3v) is 3.39. The van der Waals surface area contributed by atoms with Crippen molar-refractivity contribution in [2.75, 3.05) is 19.0 Å². The van der Waals surface area contributed by atoms with E-state index in [9.17, 15) is 4.79 Å². The van der Waals surface area contributed by atoms with E-state index in [1.54, 1.807) is 37.6 Å². The Hall–Kier alpha value is -1.79. The van der Waals surface area contributed by atoms with Crippen molar-refractivity contribution in [3.8, 4) is 5.75 Å². The van der Waals surface area contributed by atoms with Gasteiger partial charge in [-0.15, -0.1) is 11.3 Å². The van der Waals surface area contributed by atoms with Crippen molar-refractivity contribution in [3.63, 3.8) is 0 Å². The van der Waals surface area contributed by atoms with Crippen LogP contribution in [0.5, 0.6) is 5.75 Å². The molecule has 1 aromatic carbocycles. The molecule has 0 aliphatic rings. The van der Waals surface area contributed by atoms with Gasteiger partial charge in [-0.3, -0.25) is 0 Å². The molecule has 7 heteroatoms. The number of carbonyl (C=O) groups is 1. The largest absolute Gasteiger partial charge is 0.495 e. The van der Waals surface area contributed by atoms with Crippen LogP contribution in [-0.4, -0.2) is 24.7 Å². The Morgan fingerprint density at radius 2 is 2.30 bits per heavy atom. The topological polar surface area (TPSA) is 60.5 Å². The van der Waals surface area contributed by atoms with E-state index in [4.69, 9.17) is 21.1 Å². The summed E-state index contributed by atoms with van der Waals surface area (Å²) in [6.07, 6.45) is 0. The monoisotopic (exact) mass is 312 g/mol. The van der Waals surface area contributed by atoms with Crippen molar-refractivity contribution in [2.45, 2.75) is 6.92 Å². The van der Waals surface area contributed by atoms with Gasteiger partial charge in [0.1, 0.15) is 5.75 Å². The molecule has 106 valence electrons. The molecule has 1 N–H and O–H groups in total. The Labute approximate surface area is 125 Å². The molecule has 5 nitrogen and oxygen atoms in total. The molecule has 2 aromatic rings. The molecule has 0 amide bonds. The van der Waals surface area contributed by atoms with Gasteiger partial charge in [-0.05, 0) is 19.1 Å². The first-order chi connectivity index (χ1) is 9.63. The van der Waals surface area contributed by atoms with Gasteiger partial charge in [0.05, 0.1) is 19.4 Å². The Kier molecular flexibility index (Phi) is 4.81. The van der Waals surface area contributed by atoms with Crippen LogP contribution in [0.2, 0.25) is 5.02 Å². The SMILES string of the molecule is CCOC(=O)c1csc(Nc2ccc(Cl)cc2OC)n1. The van der Waals surface area contributed by atoms with Gasteiger partial charge in [0.15, 0.2) is 10.8 Å². The highest BCUT2D eigenvalue weighted by molar-refractivity contribution is 7.14. The van der Waals surface area contributed by atoms with Crippen LogP contribution in [-0.2, 0) is 4.74 Å². The minimum atomic E-state index is -0.431. The van der Waals surface area contributed by atoms with Crippen molar-refractivity contribution >= 4 is 39.7 Å². The predicted molar refractivity (Wildman–Crippen MR) is 79.4 cm³/mol. The molecule has 0 fully saturated rings. The Bertz CT molecular complexity index is 615. The second kappa shape index (κ2) is 6.58. The summed E-state index contributed by atoms with van der Waals surface area (Å²) in [5, 5.41) is 5.89. The number of nitrogens with zero attached hydrogens (tertiary/aromatic N) is 1. The molecule has 0 bridgehead atoms. The van der Waals surface area contributed by atoms with Crippen LogP contribution in [0.1, 0.15) is 17.4 Å². The number of hydrogen-bond acceptors (Lipinski definition) is 6. The summed E-state index contributed by atoms with van der Waals surface area (Å²) in [7, 11) is 1.56. The van der Waals surface area contributed by atoms with Crippen LogP contribution in [0.15, 0.2) is 23.6 Å². The minimum absolute atomic E-state index is 0.285. The van der Waals surface area contributed by atoms with Gasteiger partial charge in [0.2, 0.25) is 0 Å². The molecule has 0 aliphatic heterocycles. The summed E-state index contributed by atoms with van der Waals surface area (Å²) in [4.78, 5) is 15.7. The van der Waals surface area contributed by atoms with Crippen molar-refractivity contribution in [2.24, 2.45) is 0 Å². The van der Waals surface area contributed by atoms with Gasteiger partial charge in [0, 0.05) is 16.5 Å². The molecule has 0 radical (unpaired) electrons. The Morgan fingerprint density at radius 3 is 3.00 bits per heavy atom. The van der Waals surface area contributed by atoms with E-state index in [0.29, 0.717) is 22.5 Å². The number of thiazole rings is 1. The number of methoxy groups -OCH3 is 1. The lowest BCUT2D eigenvalue weighted by molar-refractivity contribution is 0.0520. The molecule has 0 aliphatic carbocycles. The predicted octanol–water partition coefficient (Wildman–Crippen LogP) is 3.73. The number of aromatic nitrogens is 1. The lowest BCUT2D eigenvalue weighted by Crippen LogP contribution is -2.05. The van der Waals surface area contributed by atoms with Crippen molar-refractivity contribution < 1.29 is 14.3 Å². The number of nitrogens with one attached hydrogen (secondary N) is 1. The fraction of sp³-hybridized carbons (Fsp3) is 0.231. The zero-order valence-corrected chi connectivity index (χ0v) is 12.5. The average Bonchev–Trinajstić information content (AvgIpc) is 2.89. The van der Waals surface area contributed by atoms with E-state index in [2.05, 4.69) is 10.3 Å². The van der Waals surface area contributed by atoms with Crippen LogP contribution in [0.25, 0.3) is 0 Å². The molecule has 1 heterocycles. The second-order valence-electron chi connectivity index (χ2n) is 3.73. The van der Waals surface area contributed by atoms with Crippen molar-refractivity contribution in [1.82, 2.24) is 4.98 Å². The highest BCUT2D eigenvalue weighted by atomic mass is 35.5. The third-order valence-electron chi connectivity index (χ3n) is 2.39. The molecular formula is C13H13ClN2O3S. The van der Waals surface area contributed by atoms with E-state index in [1.165, 1.54) is 11.3 Å². The van der Waals surface area contributed by atoms with Crippen LogP contribution in [0.4, 0.5) is 10.8 Å². The first-order valence-corrected chi connectivity index (χ1v) is 7.13. The molecule has 20 heavy (non-hydrogen) atoms. The highest BCUT2D eigenvalue weighted by Crippen LogP contribution is 2.31. The molecule has 0 saturated carbocycles. The molecule has 0 unspecified atom stereocenters. The van der Waals surface area contributed by atoms with Crippen LogP contribution < -0.4 is 10.1 Å². The van der Waals surface area contributed by atoms with E-state index in [0.717, 1.165) is 5.69 Å². The fourth-order valence-corrected chi connectivity index (χ4v) is 2.37. The van der Waals surface area contributed by atoms with Crippen molar-refractivity contribution in [3.05, 3.63) is 34.3 Å². The second-order valence-corrected chi connectivity index (χ2v) is 5.02. The summed E-state index contributed by atoms with van der Waals surface area (Å²) in [6.45, 7) is 2.08. The highest BCUT2D eigenvalue weighted by Gasteiger charge is 2.12. The van der Waals surface area contributed by atoms with Crippen LogP contribution in [0, 0.1) is 0 Å². The summed E-state index contributed by atoms with van der Waals surface area (Å²) in [5.41, 5.74) is 1.01. The van der Waals surface area contributed by atoms with Crippen LogP contribution in [0.3, 0.4) is 0 Å². The van der Waals surface area contributed by atoms with Gasteiger partial charge < -0.3 is 14.8 Å². The number of ether oxygens (including phenoxy) is 2. The summed E-state index contributed by atoms with van der Waals surface area (Å²) in [5.74, 6) is 0.172. The maximum absolute atomic E-state index is 11.5. The number of carbonyl (C=O) groups excluding carboxylic acids is 1. The quantitative estimate of drug-likeness (QED) is 0.852. The summed E-state index contributed by atoms with van der Waals surface area (Å²) in [6, 6.07) is 5.22. The average molecular weight is 313 g/mol. The molecule has 1 aromatic heterocycles. The summed E-state index contributed by atoms with van der Waals surface area (Å²) >= 11 is 7.21. The minimum Gasteiger partial charge on any atom is -0.495 e. The maximum Gasteiger partial charge on any atom is 0.357 e. The molecule has 0 saturated heterocycles. The zero-order valence-electron chi connectivity index (χ0n) is 11.0. The summed E-state index contributed by atoms with van der Waals surface area (Å²) < 4.78 is 10.1. The van der Waals surface area contributed by atoms with Gasteiger partial charge >= 0.3 is 5.97 Å². The third kappa shape index (κ3) is 3.40. The first kappa shape index (κ1) is 14.6. The van der Waals surface area contributed by atoms with Gasteiger partial charge in [-0.2, -0.15) is 0 Å². The number of esters is 1.